The lowest BCUT2D eigenvalue weighted by Gasteiger charge is -2.17. The van der Waals surface area contributed by atoms with Gasteiger partial charge in [0.1, 0.15) is 10.7 Å². The standard InChI is InChI=1S/C16H15ClN2OS/c1-3-8-19(9-4-2)16(20)14-11-21-15(18-14)12-6-5-7-13(17)10-12/h3-7,10-11H,1-2,8-9H2. The van der Waals surface area contributed by atoms with Gasteiger partial charge in [-0.1, -0.05) is 35.9 Å². The van der Waals surface area contributed by atoms with E-state index in [2.05, 4.69) is 18.1 Å². The third kappa shape index (κ3) is 3.80. The van der Waals surface area contributed by atoms with Crippen LogP contribution in [0.3, 0.4) is 0 Å². The molecule has 0 bridgehead atoms. The van der Waals surface area contributed by atoms with Crippen LogP contribution in [-0.2, 0) is 0 Å². The lowest BCUT2D eigenvalue weighted by molar-refractivity contribution is 0.0786. The summed E-state index contributed by atoms with van der Waals surface area (Å²) in [5.41, 5.74) is 1.34. The lowest BCUT2D eigenvalue weighted by atomic mass is 10.2. The first-order chi connectivity index (χ1) is 10.2. The van der Waals surface area contributed by atoms with E-state index in [4.69, 9.17) is 11.6 Å². The summed E-state index contributed by atoms with van der Waals surface area (Å²) >= 11 is 7.40. The molecular weight excluding hydrogens is 304 g/mol. The molecule has 0 saturated heterocycles. The Morgan fingerprint density at radius 1 is 1.33 bits per heavy atom. The summed E-state index contributed by atoms with van der Waals surface area (Å²) in [5.74, 6) is -0.126. The van der Waals surface area contributed by atoms with E-state index in [1.165, 1.54) is 11.3 Å². The van der Waals surface area contributed by atoms with Gasteiger partial charge >= 0.3 is 0 Å². The minimum absolute atomic E-state index is 0.126. The SMILES string of the molecule is C=CCN(CC=C)C(=O)c1csc(-c2cccc(Cl)c2)n1. The molecule has 1 heterocycles. The van der Waals surface area contributed by atoms with Crippen molar-refractivity contribution in [2.75, 3.05) is 13.1 Å². The van der Waals surface area contributed by atoms with Gasteiger partial charge in [0, 0.05) is 29.1 Å². The molecule has 0 aliphatic carbocycles. The Morgan fingerprint density at radius 3 is 2.67 bits per heavy atom. The number of amides is 1. The fourth-order valence-electron chi connectivity index (χ4n) is 1.84. The molecule has 0 fully saturated rings. The number of thiazole rings is 1. The predicted octanol–water partition coefficient (Wildman–Crippen LogP) is 4.28. The van der Waals surface area contributed by atoms with Gasteiger partial charge in [-0.15, -0.1) is 24.5 Å². The van der Waals surface area contributed by atoms with Gasteiger partial charge in [-0.05, 0) is 12.1 Å². The third-order valence-corrected chi connectivity index (χ3v) is 3.91. The Morgan fingerprint density at radius 2 is 2.05 bits per heavy atom. The molecule has 5 heteroatoms. The van der Waals surface area contributed by atoms with E-state index in [1.807, 2.05) is 18.2 Å². The second-order valence-electron chi connectivity index (χ2n) is 4.34. The maximum atomic E-state index is 12.4. The summed E-state index contributed by atoms with van der Waals surface area (Å²) in [5, 5.41) is 3.19. The molecule has 0 spiro atoms. The van der Waals surface area contributed by atoms with E-state index in [9.17, 15) is 4.79 Å². The Labute approximate surface area is 133 Å². The van der Waals surface area contributed by atoms with Gasteiger partial charge in [-0.2, -0.15) is 0 Å². The van der Waals surface area contributed by atoms with Crippen molar-refractivity contribution in [3.05, 3.63) is 65.7 Å². The van der Waals surface area contributed by atoms with Crippen molar-refractivity contribution < 1.29 is 4.79 Å². The third-order valence-electron chi connectivity index (χ3n) is 2.78. The molecule has 0 radical (unpaired) electrons. The van der Waals surface area contributed by atoms with Crippen LogP contribution < -0.4 is 0 Å². The Hall–Kier alpha value is -1.91. The van der Waals surface area contributed by atoms with Gasteiger partial charge in [0.2, 0.25) is 0 Å². The molecule has 0 N–H and O–H groups in total. The highest BCUT2D eigenvalue weighted by Crippen LogP contribution is 2.26. The number of hydrogen-bond donors (Lipinski definition) is 0. The highest BCUT2D eigenvalue weighted by atomic mass is 35.5. The molecule has 1 aromatic carbocycles. The summed E-state index contributed by atoms with van der Waals surface area (Å²) in [6.45, 7) is 8.26. The van der Waals surface area contributed by atoms with Crippen molar-refractivity contribution in [3.63, 3.8) is 0 Å². The van der Waals surface area contributed by atoms with Crippen molar-refractivity contribution in [1.82, 2.24) is 9.88 Å². The first-order valence-electron chi connectivity index (χ1n) is 6.38. The first-order valence-corrected chi connectivity index (χ1v) is 7.64. The van der Waals surface area contributed by atoms with Crippen molar-refractivity contribution in [3.8, 4) is 10.6 Å². The van der Waals surface area contributed by atoms with Crippen LogP contribution in [0.15, 0.2) is 55.0 Å². The monoisotopic (exact) mass is 318 g/mol. The van der Waals surface area contributed by atoms with E-state index >= 15 is 0 Å². The largest absolute Gasteiger partial charge is 0.330 e. The average Bonchev–Trinajstić information content (AvgIpc) is 2.96. The van der Waals surface area contributed by atoms with Crippen LogP contribution in [0, 0.1) is 0 Å². The fourth-order valence-corrected chi connectivity index (χ4v) is 2.82. The van der Waals surface area contributed by atoms with Gasteiger partial charge in [-0.3, -0.25) is 4.79 Å². The maximum absolute atomic E-state index is 12.4. The quantitative estimate of drug-likeness (QED) is 0.745. The molecule has 108 valence electrons. The molecule has 1 amide bonds. The van der Waals surface area contributed by atoms with E-state index in [-0.39, 0.29) is 5.91 Å². The van der Waals surface area contributed by atoms with E-state index in [1.54, 1.807) is 28.5 Å². The number of aromatic nitrogens is 1. The van der Waals surface area contributed by atoms with Crippen molar-refractivity contribution in [2.24, 2.45) is 0 Å². The Bertz CT molecular complexity index is 656. The maximum Gasteiger partial charge on any atom is 0.273 e. The van der Waals surface area contributed by atoms with Crippen LogP contribution >= 0.6 is 22.9 Å². The summed E-state index contributed by atoms with van der Waals surface area (Å²) in [4.78, 5) is 18.4. The number of benzene rings is 1. The zero-order valence-corrected chi connectivity index (χ0v) is 13.0. The van der Waals surface area contributed by atoms with E-state index in [0.29, 0.717) is 23.8 Å². The van der Waals surface area contributed by atoms with Gasteiger partial charge in [0.05, 0.1) is 0 Å². The second-order valence-corrected chi connectivity index (χ2v) is 5.63. The van der Waals surface area contributed by atoms with Crippen LogP contribution in [0.25, 0.3) is 10.6 Å². The number of halogens is 1. The van der Waals surface area contributed by atoms with Crippen LogP contribution in [0.5, 0.6) is 0 Å². The van der Waals surface area contributed by atoms with E-state index < -0.39 is 0 Å². The number of nitrogens with zero attached hydrogens (tertiary/aromatic N) is 2. The van der Waals surface area contributed by atoms with Crippen molar-refractivity contribution in [2.45, 2.75) is 0 Å². The van der Waals surface area contributed by atoms with Gasteiger partial charge in [0.25, 0.3) is 5.91 Å². The summed E-state index contributed by atoms with van der Waals surface area (Å²) < 4.78 is 0. The zero-order chi connectivity index (χ0) is 15.2. The normalized spacial score (nSPS) is 10.1. The topological polar surface area (TPSA) is 33.2 Å². The molecule has 0 atom stereocenters. The molecule has 0 aliphatic rings. The number of hydrogen-bond acceptors (Lipinski definition) is 3. The number of carbonyl (C=O) groups excluding carboxylic acids is 1. The molecule has 0 aliphatic heterocycles. The van der Waals surface area contributed by atoms with Crippen LogP contribution in [-0.4, -0.2) is 28.9 Å². The molecular formula is C16H15ClN2OS. The van der Waals surface area contributed by atoms with Crippen LogP contribution in [0.4, 0.5) is 0 Å². The minimum Gasteiger partial charge on any atom is -0.330 e. The summed E-state index contributed by atoms with van der Waals surface area (Å²) in [6.07, 6.45) is 3.37. The van der Waals surface area contributed by atoms with Crippen molar-refractivity contribution in [1.29, 1.82) is 0 Å². The molecule has 3 nitrogen and oxygen atoms in total. The average molecular weight is 319 g/mol. The van der Waals surface area contributed by atoms with Gasteiger partial charge in [0.15, 0.2) is 0 Å². The van der Waals surface area contributed by atoms with Crippen LogP contribution in [0.2, 0.25) is 5.02 Å². The lowest BCUT2D eigenvalue weighted by Crippen LogP contribution is -2.31. The van der Waals surface area contributed by atoms with Gasteiger partial charge < -0.3 is 4.90 Å². The van der Waals surface area contributed by atoms with Crippen molar-refractivity contribution >= 4 is 28.8 Å². The number of rotatable bonds is 6. The summed E-state index contributed by atoms with van der Waals surface area (Å²) in [6, 6.07) is 7.42. The summed E-state index contributed by atoms with van der Waals surface area (Å²) in [7, 11) is 0. The predicted molar refractivity (Wildman–Crippen MR) is 88.9 cm³/mol. The number of carbonyl (C=O) groups is 1. The molecule has 0 saturated carbocycles. The molecule has 2 rings (SSSR count). The molecule has 1 aromatic heterocycles. The van der Waals surface area contributed by atoms with E-state index in [0.717, 1.165) is 10.6 Å². The molecule has 0 unspecified atom stereocenters. The second kappa shape index (κ2) is 7.20. The zero-order valence-electron chi connectivity index (χ0n) is 11.5. The Balaban J connectivity index is 2.24. The fraction of sp³-hybridized carbons (Fsp3) is 0.125. The highest BCUT2D eigenvalue weighted by molar-refractivity contribution is 7.13. The molecule has 2 aromatic rings. The smallest absolute Gasteiger partial charge is 0.273 e. The minimum atomic E-state index is -0.126. The molecule has 21 heavy (non-hydrogen) atoms. The highest BCUT2D eigenvalue weighted by Gasteiger charge is 2.17. The van der Waals surface area contributed by atoms with Crippen LogP contribution in [0.1, 0.15) is 10.5 Å². The first kappa shape index (κ1) is 15.5. The van der Waals surface area contributed by atoms with Gasteiger partial charge in [-0.25, -0.2) is 4.98 Å². The Kier molecular flexibility index (Phi) is 5.31.